The molecule has 5 nitrogen and oxygen atoms in total. The summed E-state index contributed by atoms with van der Waals surface area (Å²) in [5, 5.41) is 7.89. The molecule has 3 N–H and O–H groups in total. The van der Waals surface area contributed by atoms with Gasteiger partial charge in [0, 0.05) is 47.7 Å². The molecule has 1 aromatic heterocycles. The van der Waals surface area contributed by atoms with Gasteiger partial charge in [-0.2, -0.15) is 0 Å². The first kappa shape index (κ1) is 19.3. The van der Waals surface area contributed by atoms with E-state index in [0.29, 0.717) is 28.6 Å². The lowest BCUT2D eigenvalue weighted by Gasteiger charge is -2.45. The Bertz CT molecular complexity index is 1090. The lowest BCUT2D eigenvalue weighted by molar-refractivity contribution is 0.0975. The maximum atomic E-state index is 12.3. The number of thiocarbonyl (C=S) groups is 1. The second kappa shape index (κ2) is 7.85. The van der Waals surface area contributed by atoms with Crippen LogP contribution < -0.4 is 10.6 Å². The standard InChI is InChI=1S/C24H26N4OS/c1-28-14-15(12-26-24(30)27-23(29)16-6-3-2-4-7-16)10-19-18-8-5-9-20-22(18)17(13-25-20)11-21(19)28/h2-9,13,15,19,21,25H,10-12,14H2,1H3,(H2,26,27,29,30)/t15-,19+,21+/m0/s1. The predicted octanol–water partition coefficient (Wildman–Crippen LogP) is 3.43. The molecule has 3 atom stereocenters. The van der Waals surface area contributed by atoms with Crippen molar-refractivity contribution in [2.75, 3.05) is 20.1 Å². The van der Waals surface area contributed by atoms with Gasteiger partial charge in [-0.15, -0.1) is 0 Å². The molecule has 5 rings (SSSR count). The fraction of sp³-hybridized carbons (Fsp3) is 0.333. The summed E-state index contributed by atoms with van der Waals surface area (Å²) in [5.74, 6) is 0.821. The number of rotatable bonds is 3. The average Bonchev–Trinajstić information content (AvgIpc) is 3.18. The summed E-state index contributed by atoms with van der Waals surface area (Å²) < 4.78 is 0. The number of fused-ring (bicyclic) bond motifs is 2. The molecule has 0 saturated carbocycles. The molecule has 0 spiro atoms. The first-order valence-electron chi connectivity index (χ1n) is 10.5. The molecule has 1 aliphatic heterocycles. The summed E-state index contributed by atoms with van der Waals surface area (Å²) >= 11 is 5.37. The van der Waals surface area contributed by atoms with Gasteiger partial charge in [0.2, 0.25) is 0 Å². The van der Waals surface area contributed by atoms with Crippen molar-refractivity contribution in [1.29, 1.82) is 0 Å². The molecule has 1 aliphatic carbocycles. The molecule has 0 radical (unpaired) electrons. The topological polar surface area (TPSA) is 60.2 Å². The molecule has 0 bridgehead atoms. The van der Waals surface area contributed by atoms with Crippen LogP contribution in [-0.2, 0) is 6.42 Å². The van der Waals surface area contributed by atoms with Crippen molar-refractivity contribution < 1.29 is 4.79 Å². The molecule has 2 heterocycles. The van der Waals surface area contributed by atoms with Crippen molar-refractivity contribution >= 4 is 34.1 Å². The molecule has 1 amide bonds. The van der Waals surface area contributed by atoms with E-state index in [-0.39, 0.29) is 5.91 Å². The highest BCUT2D eigenvalue weighted by molar-refractivity contribution is 7.80. The molecule has 3 aromatic rings. The van der Waals surface area contributed by atoms with Crippen LogP contribution in [0.5, 0.6) is 0 Å². The minimum atomic E-state index is -0.173. The molecule has 0 unspecified atom stereocenters. The van der Waals surface area contributed by atoms with Crippen LogP contribution in [0.4, 0.5) is 0 Å². The lowest BCUT2D eigenvalue weighted by atomic mass is 9.72. The summed E-state index contributed by atoms with van der Waals surface area (Å²) in [6, 6.07) is 16.3. The van der Waals surface area contributed by atoms with Crippen molar-refractivity contribution in [1.82, 2.24) is 20.5 Å². The number of aromatic nitrogens is 1. The number of nitrogens with one attached hydrogen (secondary N) is 3. The van der Waals surface area contributed by atoms with E-state index in [0.717, 1.165) is 25.9 Å². The van der Waals surface area contributed by atoms with Crippen molar-refractivity contribution in [2.45, 2.75) is 24.8 Å². The Morgan fingerprint density at radius 3 is 2.87 bits per heavy atom. The third-order valence-corrected chi connectivity index (χ3v) is 6.87. The van der Waals surface area contributed by atoms with E-state index in [4.69, 9.17) is 12.2 Å². The van der Waals surface area contributed by atoms with Gasteiger partial charge < -0.3 is 15.2 Å². The van der Waals surface area contributed by atoms with Gasteiger partial charge in [-0.05, 0) is 67.4 Å². The van der Waals surface area contributed by atoms with Gasteiger partial charge in [-0.3, -0.25) is 10.1 Å². The van der Waals surface area contributed by atoms with Crippen LogP contribution in [0.25, 0.3) is 10.9 Å². The molecule has 1 fully saturated rings. The number of nitrogens with zero attached hydrogens (tertiary/aromatic N) is 1. The van der Waals surface area contributed by atoms with E-state index >= 15 is 0 Å². The van der Waals surface area contributed by atoms with Gasteiger partial charge in [0.25, 0.3) is 5.91 Å². The number of likely N-dealkylation sites (N-methyl/N-ethyl adjacent to an activating group) is 1. The molecular formula is C24H26N4OS. The van der Waals surface area contributed by atoms with Gasteiger partial charge in [0.05, 0.1) is 0 Å². The summed E-state index contributed by atoms with van der Waals surface area (Å²) in [7, 11) is 2.23. The van der Waals surface area contributed by atoms with E-state index in [1.807, 2.05) is 18.2 Å². The van der Waals surface area contributed by atoms with E-state index < -0.39 is 0 Å². The van der Waals surface area contributed by atoms with Gasteiger partial charge in [0.15, 0.2) is 5.11 Å². The number of likely N-dealkylation sites (tertiary alicyclic amines) is 1. The van der Waals surface area contributed by atoms with Crippen LogP contribution >= 0.6 is 12.2 Å². The van der Waals surface area contributed by atoms with Crippen molar-refractivity contribution in [2.24, 2.45) is 5.92 Å². The molecule has 1 saturated heterocycles. The number of carbonyl (C=O) groups excluding carboxylic acids is 1. The summed E-state index contributed by atoms with van der Waals surface area (Å²) in [4.78, 5) is 18.2. The first-order chi connectivity index (χ1) is 14.6. The van der Waals surface area contributed by atoms with E-state index in [2.05, 4.69) is 52.0 Å². The quantitative estimate of drug-likeness (QED) is 0.571. The number of hydrogen-bond acceptors (Lipinski definition) is 3. The number of carbonyl (C=O) groups is 1. The molecule has 2 aliphatic rings. The van der Waals surface area contributed by atoms with Gasteiger partial charge in [0.1, 0.15) is 0 Å². The third-order valence-electron chi connectivity index (χ3n) is 6.63. The zero-order valence-corrected chi connectivity index (χ0v) is 17.8. The lowest BCUT2D eigenvalue weighted by Crippen LogP contribution is -2.51. The summed E-state index contributed by atoms with van der Waals surface area (Å²) in [6.07, 6.45) is 4.41. The Labute approximate surface area is 181 Å². The zero-order valence-electron chi connectivity index (χ0n) is 17.0. The molecule has 30 heavy (non-hydrogen) atoms. The van der Waals surface area contributed by atoms with Crippen LogP contribution in [0.1, 0.15) is 33.8 Å². The number of aromatic amines is 1. The highest BCUT2D eigenvalue weighted by atomic mass is 32.1. The summed E-state index contributed by atoms with van der Waals surface area (Å²) in [6.45, 7) is 1.79. The van der Waals surface area contributed by atoms with Crippen LogP contribution in [0.15, 0.2) is 54.7 Å². The SMILES string of the molecule is CN1C[C@H](CNC(=S)NC(=O)c2ccccc2)C[C@@H]2c3cccc4[nH]cc(c34)C[C@H]21. The number of hydrogen-bond donors (Lipinski definition) is 3. The van der Waals surface area contributed by atoms with E-state index in [1.54, 1.807) is 12.1 Å². The smallest absolute Gasteiger partial charge is 0.257 e. The predicted molar refractivity (Wildman–Crippen MR) is 124 cm³/mol. The van der Waals surface area contributed by atoms with Crippen molar-refractivity contribution in [3.8, 4) is 0 Å². The number of benzene rings is 2. The fourth-order valence-electron chi connectivity index (χ4n) is 5.25. The van der Waals surface area contributed by atoms with Crippen LogP contribution in [0.2, 0.25) is 0 Å². The normalized spacial score (nSPS) is 23.0. The number of H-pyrrole nitrogens is 1. The highest BCUT2D eigenvalue weighted by Crippen LogP contribution is 2.44. The third kappa shape index (κ3) is 3.50. The Morgan fingerprint density at radius 1 is 1.20 bits per heavy atom. The summed E-state index contributed by atoms with van der Waals surface area (Å²) in [5.41, 5.74) is 4.76. The molecule has 154 valence electrons. The first-order valence-corrected chi connectivity index (χ1v) is 10.9. The monoisotopic (exact) mass is 418 g/mol. The maximum Gasteiger partial charge on any atom is 0.257 e. The van der Waals surface area contributed by atoms with Gasteiger partial charge in [-0.25, -0.2) is 0 Å². The largest absolute Gasteiger partial charge is 0.362 e. The Hall–Kier alpha value is -2.70. The Kier molecular flexibility index (Phi) is 5.05. The molecule has 6 heteroatoms. The fourth-order valence-corrected chi connectivity index (χ4v) is 5.42. The molecule has 2 aromatic carbocycles. The van der Waals surface area contributed by atoms with E-state index in [1.165, 1.54) is 22.0 Å². The zero-order chi connectivity index (χ0) is 20.7. The van der Waals surface area contributed by atoms with Crippen LogP contribution in [0, 0.1) is 5.92 Å². The van der Waals surface area contributed by atoms with Crippen molar-refractivity contribution in [3.05, 3.63) is 71.4 Å². The van der Waals surface area contributed by atoms with E-state index in [9.17, 15) is 4.79 Å². The van der Waals surface area contributed by atoms with Crippen LogP contribution in [-0.4, -0.2) is 47.1 Å². The van der Waals surface area contributed by atoms with Crippen LogP contribution in [0.3, 0.4) is 0 Å². The minimum Gasteiger partial charge on any atom is -0.362 e. The Balaban J connectivity index is 1.25. The average molecular weight is 419 g/mol. The second-order valence-electron chi connectivity index (χ2n) is 8.53. The highest BCUT2D eigenvalue weighted by Gasteiger charge is 2.39. The minimum absolute atomic E-state index is 0.173. The number of piperidine rings is 1. The van der Waals surface area contributed by atoms with Gasteiger partial charge >= 0.3 is 0 Å². The number of amides is 1. The second-order valence-corrected chi connectivity index (χ2v) is 8.94. The molecular weight excluding hydrogens is 392 g/mol. The Morgan fingerprint density at radius 2 is 2.03 bits per heavy atom. The maximum absolute atomic E-state index is 12.3. The van der Waals surface area contributed by atoms with Crippen molar-refractivity contribution in [3.63, 3.8) is 0 Å². The van der Waals surface area contributed by atoms with Gasteiger partial charge in [-0.1, -0.05) is 30.3 Å².